The quantitative estimate of drug-likeness (QED) is 0.355. The predicted octanol–water partition coefficient (Wildman–Crippen LogP) is 6.07. The van der Waals surface area contributed by atoms with Crippen molar-refractivity contribution in [3.8, 4) is 5.75 Å². The zero-order valence-corrected chi connectivity index (χ0v) is 16.2. The zero-order chi connectivity index (χ0) is 18.8. The van der Waals surface area contributed by atoms with Crippen LogP contribution in [0.3, 0.4) is 0 Å². The van der Waals surface area contributed by atoms with Crippen LogP contribution >= 0.6 is 11.3 Å². The van der Waals surface area contributed by atoms with E-state index in [1.807, 2.05) is 41.7 Å². The lowest BCUT2D eigenvalue weighted by atomic mass is 10.2. The summed E-state index contributed by atoms with van der Waals surface area (Å²) in [6, 6.07) is 25.0. The molecule has 0 saturated carbocycles. The van der Waals surface area contributed by atoms with E-state index in [2.05, 4.69) is 63.6 Å². The van der Waals surface area contributed by atoms with E-state index in [1.165, 1.54) is 15.8 Å². The standard InChI is InChI=1S/C24H20N2OS/c1-2-6-23-18(4-1)7-8-20(25-23)17-27-21-9-10-24-19(16-21)11-13-26(24)14-12-22-5-3-15-28-22/h1-11,13,15-16H,12,14,17H2. The van der Waals surface area contributed by atoms with Crippen LogP contribution in [0, 0.1) is 0 Å². The molecule has 0 N–H and O–H groups in total. The lowest BCUT2D eigenvalue weighted by molar-refractivity contribution is 0.302. The van der Waals surface area contributed by atoms with Gasteiger partial charge in [0.05, 0.1) is 11.2 Å². The minimum atomic E-state index is 0.468. The molecule has 0 saturated heterocycles. The van der Waals surface area contributed by atoms with E-state index in [9.17, 15) is 0 Å². The Morgan fingerprint density at radius 2 is 1.86 bits per heavy atom. The van der Waals surface area contributed by atoms with Gasteiger partial charge in [-0.2, -0.15) is 0 Å². The van der Waals surface area contributed by atoms with Crippen LogP contribution in [0.15, 0.2) is 84.4 Å². The molecule has 0 spiro atoms. The highest BCUT2D eigenvalue weighted by Gasteiger charge is 2.05. The third-order valence-corrected chi connectivity index (χ3v) is 5.90. The Bertz CT molecular complexity index is 1220. The van der Waals surface area contributed by atoms with Crippen LogP contribution in [0.1, 0.15) is 10.6 Å². The highest BCUT2D eigenvalue weighted by Crippen LogP contribution is 2.24. The molecule has 4 heteroatoms. The molecule has 0 aliphatic carbocycles. The Kier molecular flexibility index (Phi) is 4.55. The molecule has 0 amide bonds. The smallest absolute Gasteiger partial charge is 0.130 e. The number of fused-ring (bicyclic) bond motifs is 2. The number of nitrogens with zero attached hydrogens (tertiary/aromatic N) is 2. The van der Waals surface area contributed by atoms with Crippen molar-refractivity contribution in [1.82, 2.24) is 9.55 Å². The van der Waals surface area contributed by atoms with E-state index < -0.39 is 0 Å². The molecule has 28 heavy (non-hydrogen) atoms. The maximum absolute atomic E-state index is 6.01. The van der Waals surface area contributed by atoms with Gasteiger partial charge in [-0.3, -0.25) is 0 Å². The van der Waals surface area contributed by atoms with E-state index in [-0.39, 0.29) is 0 Å². The fraction of sp³-hybridized carbons (Fsp3) is 0.125. The van der Waals surface area contributed by atoms with Gasteiger partial charge < -0.3 is 9.30 Å². The number of ether oxygens (including phenoxy) is 1. The molecule has 0 unspecified atom stereocenters. The van der Waals surface area contributed by atoms with Crippen molar-refractivity contribution in [2.45, 2.75) is 19.6 Å². The first kappa shape index (κ1) is 17.0. The number of hydrogen-bond acceptors (Lipinski definition) is 3. The summed E-state index contributed by atoms with van der Waals surface area (Å²) in [4.78, 5) is 6.10. The number of hydrogen-bond donors (Lipinski definition) is 0. The Morgan fingerprint density at radius 3 is 2.79 bits per heavy atom. The van der Waals surface area contributed by atoms with Crippen molar-refractivity contribution >= 4 is 33.1 Å². The van der Waals surface area contributed by atoms with Crippen LogP contribution < -0.4 is 4.74 Å². The van der Waals surface area contributed by atoms with E-state index in [0.717, 1.165) is 35.3 Å². The van der Waals surface area contributed by atoms with Gasteiger partial charge in [0.2, 0.25) is 0 Å². The average Bonchev–Trinajstić information content (AvgIpc) is 3.40. The average molecular weight is 385 g/mol. The van der Waals surface area contributed by atoms with Gasteiger partial charge in [-0.15, -0.1) is 11.3 Å². The molecule has 0 fully saturated rings. The van der Waals surface area contributed by atoms with Gasteiger partial charge in [0.1, 0.15) is 12.4 Å². The van der Waals surface area contributed by atoms with Crippen LogP contribution in [0.5, 0.6) is 5.75 Å². The molecule has 0 radical (unpaired) electrons. The van der Waals surface area contributed by atoms with Gasteiger partial charge in [0.25, 0.3) is 0 Å². The summed E-state index contributed by atoms with van der Waals surface area (Å²) in [6.07, 6.45) is 3.22. The lowest BCUT2D eigenvalue weighted by Crippen LogP contribution is -1.99. The summed E-state index contributed by atoms with van der Waals surface area (Å²) in [5.41, 5.74) is 3.18. The second-order valence-corrected chi connectivity index (χ2v) is 7.88. The monoisotopic (exact) mass is 384 g/mol. The third kappa shape index (κ3) is 3.51. The van der Waals surface area contributed by atoms with Crippen molar-refractivity contribution in [2.24, 2.45) is 0 Å². The summed E-state index contributed by atoms with van der Waals surface area (Å²) in [5, 5.41) is 4.49. The van der Waals surface area contributed by atoms with Crippen molar-refractivity contribution in [3.05, 3.63) is 94.9 Å². The van der Waals surface area contributed by atoms with Crippen molar-refractivity contribution in [3.63, 3.8) is 0 Å². The van der Waals surface area contributed by atoms with Crippen LogP contribution in [0.25, 0.3) is 21.8 Å². The molecule has 0 aliphatic heterocycles. The molecule has 0 atom stereocenters. The highest BCUT2D eigenvalue weighted by molar-refractivity contribution is 7.09. The maximum Gasteiger partial charge on any atom is 0.130 e. The number of aryl methyl sites for hydroxylation is 2. The second-order valence-electron chi connectivity index (χ2n) is 6.84. The fourth-order valence-electron chi connectivity index (χ4n) is 3.49. The Morgan fingerprint density at radius 1 is 0.893 bits per heavy atom. The number of thiophene rings is 1. The molecule has 5 rings (SSSR count). The van der Waals surface area contributed by atoms with Gasteiger partial charge >= 0.3 is 0 Å². The molecule has 3 nitrogen and oxygen atoms in total. The third-order valence-electron chi connectivity index (χ3n) is 4.96. The number of rotatable bonds is 6. The van der Waals surface area contributed by atoms with E-state index in [0.29, 0.717) is 6.61 Å². The molecular formula is C24H20N2OS. The first-order valence-electron chi connectivity index (χ1n) is 9.44. The first-order valence-corrected chi connectivity index (χ1v) is 10.3. The zero-order valence-electron chi connectivity index (χ0n) is 15.4. The van der Waals surface area contributed by atoms with Gasteiger partial charge in [0.15, 0.2) is 0 Å². The predicted molar refractivity (Wildman–Crippen MR) is 116 cm³/mol. The minimum absolute atomic E-state index is 0.468. The molecule has 3 aromatic heterocycles. The molecule has 0 bridgehead atoms. The molecule has 0 aliphatic rings. The van der Waals surface area contributed by atoms with E-state index in [1.54, 1.807) is 0 Å². The van der Waals surface area contributed by atoms with Crippen molar-refractivity contribution < 1.29 is 4.74 Å². The summed E-state index contributed by atoms with van der Waals surface area (Å²) in [7, 11) is 0. The topological polar surface area (TPSA) is 27.1 Å². The van der Waals surface area contributed by atoms with E-state index >= 15 is 0 Å². The fourth-order valence-corrected chi connectivity index (χ4v) is 4.19. The van der Waals surface area contributed by atoms with E-state index in [4.69, 9.17) is 4.74 Å². The Labute approximate surface area is 167 Å². The summed E-state index contributed by atoms with van der Waals surface area (Å²) in [5.74, 6) is 0.874. The normalized spacial score (nSPS) is 11.3. The van der Waals surface area contributed by atoms with Gasteiger partial charge in [-0.25, -0.2) is 4.98 Å². The van der Waals surface area contributed by atoms with Crippen LogP contribution in [-0.4, -0.2) is 9.55 Å². The molecular weight excluding hydrogens is 364 g/mol. The van der Waals surface area contributed by atoms with Gasteiger partial charge in [0, 0.05) is 33.9 Å². The number of para-hydroxylation sites is 1. The summed E-state index contributed by atoms with van der Waals surface area (Å²) >= 11 is 1.82. The highest BCUT2D eigenvalue weighted by atomic mass is 32.1. The number of aromatic nitrogens is 2. The maximum atomic E-state index is 6.01. The summed E-state index contributed by atoms with van der Waals surface area (Å²) in [6.45, 7) is 1.46. The number of benzene rings is 2. The van der Waals surface area contributed by atoms with Gasteiger partial charge in [-0.1, -0.05) is 30.3 Å². The van der Waals surface area contributed by atoms with Crippen molar-refractivity contribution in [2.75, 3.05) is 0 Å². The Hall–Kier alpha value is -3.11. The molecule has 2 aromatic carbocycles. The molecule has 138 valence electrons. The van der Waals surface area contributed by atoms with Crippen LogP contribution in [-0.2, 0) is 19.6 Å². The molecule has 5 aromatic rings. The summed E-state index contributed by atoms with van der Waals surface area (Å²) < 4.78 is 8.32. The number of pyridine rings is 1. The van der Waals surface area contributed by atoms with Crippen LogP contribution in [0.4, 0.5) is 0 Å². The molecule has 3 heterocycles. The largest absolute Gasteiger partial charge is 0.487 e. The van der Waals surface area contributed by atoms with Crippen LogP contribution in [0.2, 0.25) is 0 Å². The van der Waals surface area contributed by atoms with Crippen molar-refractivity contribution in [1.29, 1.82) is 0 Å². The minimum Gasteiger partial charge on any atom is -0.487 e. The van der Waals surface area contributed by atoms with Gasteiger partial charge in [-0.05, 0) is 54.3 Å². The lowest BCUT2D eigenvalue weighted by Gasteiger charge is -2.08. The first-order chi connectivity index (χ1) is 13.8. The second kappa shape index (κ2) is 7.49. The Balaban J connectivity index is 1.29. The SMILES string of the molecule is c1csc(CCn2ccc3cc(OCc4ccc5ccccc5n4)ccc32)c1.